The van der Waals surface area contributed by atoms with Crippen LogP contribution in [0.1, 0.15) is 29.8 Å². The molecule has 0 atom stereocenters. The van der Waals surface area contributed by atoms with Gasteiger partial charge in [-0.2, -0.15) is 13.2 Å². The fourth-order valence-corrected chi connectivity index (χ4v) is 4.58. The molecule has 3 rings (SSSR count). The number of carbonyl (C=O) groups excluding carboxylic acids is 1. The number of nitrogens with one attached hydrogen (secondary N) is 2. The number of alkyl halides is 3. The van der Waals surface area contributed by atoms with Crippen molar-refractivity contribution in [2.45, 2.75) is 31.0 Å². The Morgan fingerprint density at radius 3 is 2.36 bits per heavy atom. The standard InChI is InChI=1S/C21H23F4N3O4S/c1-13(2)27-33(30,31)15-4-5-18(22)16(12-15)20(29)26-19-6-3-14(11-17(19)21(23,24)25)28-7-9-32-10-8-28/h3-6,11-13,27H,7-10H2,1-2H3,(H,26,29). The molecule has 1 fully saturated rings. The molecule has 1 saturated heterocycles. The van der Waals surface area contributed by atoms with Crippen molar-refractivity contribution in [3.63, 3.8) is 0 Å². The van der Waals surface area contributed by atoms with E-state index in [1.165, 1.54) is 6.07 Å². The van der Waals surface area contributed by atoms with Gasteiger partial charge < -0.3 is 15.0 Å². The van der Waals surface area contributed by atoms with Crippen LogP contribution in [0.25, 0.3) is 0 Å². The number of carbonyl (C=O) groups is 1. The van der Waals surface area contributed by atoms with Gasteiger partial charge in [0.25, 0.3) is 5.91 Å². The number of ether oxygens (including phenoxy) is 1. The van der Waals surface area contributed by atoms with Crippen LogP contribution in [0.5, 0.6) is 0 Å². The van der Waals surface area contributed by atoms with Gasteiger partial charge in [-0.05, 0) is 50.2 Å². The fourth-order valence-electron chi connectivity index (χ4n) is 3.31. The second-order valence-corrected chi connectivity index (χ2v) is 9.41. The smallest absolute Gasteiger partial charge is 0.378 e. The lowest BCUT2D eigenvalue weighted by Crippen LogP contribution is -2.36. The predicted molar refractivity (Wildman–Crippen MR) is 114 cm³/mol. The lowest BCUT2D eigenvalue weighted by Gasteiger charge is -2.29. The first-order valence-corrected chi connectivity index (χ1v) is 11.5. The maximum Gasteiger partial charge on any atom is 0.418 e. The molecule has 0 radical (unpaired) electrons. The van der Waals surface area contributed by atoms with E-state index in [1.54, 1.807) is 18.7 Å². The van der Waals surface area contributed by atoms with Gasteiger partial charge in [-0.3, -0.25) is 4.79 Å². The van der Waals surface area contributed by atoms with Crippen molar-refractivity contribution in [3.05, 3.63) is 53.3 Å². The summed E-state index contributed by atoms with van der Waals surface area (Å²) in [6.07, 6.45) is -4.80. The van der Waals surface area contributed by atoms with Crippen LogP contribution in [0.2, 0.25) is 0 Å². The molecular weight excluding hydrogens is 466 g/mol. The summed E-state index contributed by atoms with van der Waals surface area (Å²) in [6.45, 7) is 4.75. The molecule has 2 aromatic carbocycles. The van der Waals surface area contributed by atoms with Crippen LogP contribution in [0, 0.1) is 5.82 Å². The first-order chi connectivity index (χ1) is 15.4. The average Bonchev–Trinajstić information content (AvgIpc) is 2.73. The van der Waals surface area contributed by atoms with E-state index < -0.39 is 50.8 Å². The molecule has 1 aliphatic heterocycles. The molecule has 0 aliphatic carbocycles. The third kappa shape index (κ3) is 6.01. The summed E-state index contributed by atoms with van der Waals surface area (Å²) in [5, 5.41) is 2.07. The Kier molecular flexibility index (Phi) is 7.29. The Hall–Kier alpha value is -2.70. The van der Waals surface area contributed by atoms with Crippen molar-refractivity contribution in [3.8, 4) is 0 Å². The van der Waals surface area contributed by atoms with Gasteiger partial charge in [0, 0.05) is 24.8 Å². The number of sulfonamides is 1. The molecule has 1 heterocycles. The number of halogens is 4. The van der Waals surface area contributed by atoms with Gasteiger partial charge >= 0.3 is 6.18 Å². The first kappa shape index (κ1) is 24.9. The number of anilines is 2. The van der Waals surface area contributed by atoms with Gasteiger partial charge in [-0.15, -0.1) is 0 Å². The summed E-state index contributed by atoms with van der Waals surface area (Å²) in [5.41, 5.74) is -2.07. The molecule has 0 saturated carbocycles. The quantitative estimate of drug-likeness (QED) is 0.606. The summed E-state index contributed by atoms with van der Waals surface area (Å²) in [7, 11) is -4.05. The highest BCUT2D eigenvalue weighted by Gasteiger charge is 2.35. The maximum absolute atomic E-state index is 14.3. The third-order valence-electron chi connectivity index (χ3n) is 4.82. The van der Waals surface area contributed by atoms with Crippen LogP contribution >= 0.6 is 0 Å². The summed E-state index contributed by atoms with van der Waals surface area (Å²) in [6, 6.07) is 5.47. The lowest BCUT2D eigenvalue weighted by molar-refractivity contribution is -0.136. The summed E-state index contributed by atoms with van der Waals surface area (Å²) in [4.78, 5) is 14.0. The van der Waals surface area contributed by atoms with Gasteiger partial charge in [0.05, 0.1) is 34.9 Å². The zero-order chi connectivity index (χ0) is 24.4. The van der Waals surface area contributed by atoms with Crippen molar-refractivity contribution >= 4 is 27.3 Å². The Labute approximate surface area is 188 Å². The van der Waals surface area contributed by atoms with Crippen LogP contribution in [0.4, 0.5) is 28.9 Å². The molecule has 180 valence electrons. The predicted octanol–water partition coefficient (Wildman–Crippen LogP) is 3.62. The number of nitrogens with zero attached hydrogens (tertiary/aromatic N) is 1. The maximum atomic E-state index is 14.3. The topological polar surface area (TPSA) is 87.7 Å². The molecule has 2 aromatic rings. The number of benzene rings is 2. The van der Waals surface area contributed by atoms with E-state index in [9.17, 15) is 30.8 Å². The minimum absolute atomic E-state index is 0.308. The van der Waals surface area contributed by atoms with Gasteiger partial charge in [-0.25, -0.2) is 17.5 Å². The van der Waals surface area contributed by atoms with E-state index in [1.807, 2.05) is 0 Å². The van der Waals surface area contributed by atoms with Gasteiger partial charge in [0.1, 0.15) is 5.82 Å². The van der Waals surface area contributed by atoms with Crippen molar-refractivity contribution in [1.29, 1.82) is 0 Å². The van der Waals surface area contributed by atoms with Crippen LogP contribution in [-0.4, -0.2) is 46.7 Å². The highest BCUT2D eigenvalue weighted by molar-refractivity contribution is 7.89. The second kappa shape index (κ2) is 9.65. The minimum Gasteiger partial charge on any atom is -0.378 e. The normalized spacial score (nSPS) is 15.1. The van der Waals surface area contributed by atoms with Crippen LogP contribution in [0.3, 0.4) is 0 Å². The summed E-state index contributed by atoms with van der Waals surface area (Å²) >= 11 is 0. The minimum atomic E-state index is -4.80. The zero-order valence-corrected chi connectivity index (χ0v) is 18.7. The van der Waals surface area contributed by atoms with E-state index in [-0.39, 0.29) is 4.90 Å². The number of rotatable bonds is 6. The SMILES string of the molecule is CC(C)NS(=O)(=O)c1ccc(F)c(C(=O)Nc2ccc(N3CCOCC3)cc2C(F)(F)F)c1. The number of hydrogen-bond donors (Lipinski definition) is 2. The van der Waals surface area contributed by atoms with Gasteiger partial charge in [0.15, 0.2) is 0 Å². The van der Waals surface area contributed by atoms with Crippen molar-refractivity contribution in [1.82, 2.24) is 4.72 Å². The summed E-state index contributed by atoms with van der Waals surface area (Å²) < 4.78 is 87.6. The molecular formula is C21H23F4N3O4S. The van der Waals surface area contributed by atoms with E-state index in [2.05, 4.69) is 10.0 Å². The van der Waals surface area contributed by atoms with Crippen LogP contribution in [-0.2, 0) is 20.9 Å². The van der Waals surface area contributed by atoms with Crippen molar-refractivity contribution < 1.29 is 35.5 Å². The highest BCUT2D eigenvalue weighted by atomic mass is 32.2. The molecule has 1 aliphatic rings. The molecule has 12 heteroatoms. The van der Waals surface area contributed by atoms with Gasteiger partial charge in [-0.1, -0.05) is 0 Å². The Bertz CT molecular complexity index is 1130. The third-order valence-corrected chi connectivity index (χ3v) is 6.47. The molecule has 0 bridgehead atoms. The number of hydrogen-bond acceptors (Lipinski definition) is 5. The number of amides is 1. The van der Waals surface area contributed by atoms with E-state index in [0.717, 1.165) is 30.3 Å². The van der Waals surface area contributed by atoms with E-state index >= 15 is 0 Å². The largest absolute Gasteiger partial charge is 0.418 e. The Balaban J connectivity index is 1.93. The lowest BCUT2D eigenvalue weighted by atomic mass is 10.1. The molecule has 0 unspecified atom stereocenters. The van der Waals surface area contributed by atoms with Crippen molar-refractivity contribution in [2.75, 3.05) is 36.5 Å². The second-order valence-electron chi connectivity index (χ2n) is 7.70. The molecule has 2 N–H and O–H groups in total. The monoisotopic (exact) mass is 489 g/mol. The fraction of sp³-hybridized carbons (Fsp3) is 0.381. The molecule has 0 aromatic heterocycles. The molecule has 7 nitrogen and oxygen atoms in total. The summed E-state index contributed by atoms with van der Waals surface area (Å²) in [5.74, 6) is -2.28. The van der Waals surface area contributed by atoms with E-state index in [4.69, 9.17) is 4.74 Å². The van der Waals surface area contributed by atoms with Crippen LogP contribution < -0.4 is 14.9 Å². The van der Waals surface area contributed by atoms with Crippen LogP contribution in [0.15, 0.2) is 41.3 Å². The first-order valence-electron chi connectivity index (χ1n) is 10.1. The zero-order valence-electron chi connectivity index (χ0n) is 17.9. The Morgan fingerprint density at radius 2 is 1.76 bits per heavy atom. The van der Waals surface area contributed by atoms with Gasteiger partial charge in [0.2, 0.25) is 10.0 Å². The highest BCUT2D eigenvalue weighted by Crippen LogP contribution is 2.38. The average molecular weight is 489 g/mol. The molecule has 33 heavy (non-hydrogen) atoms. The number of morpholine rings is 1. The Morgan fingerprint density at radius 1 is 1.09 bits per heavy atom. The van der Waals surface area contributed by atoms with Crippen molar-refractivity contribution in [2.24, 2.45) is 0 Å². The molecule has 0 spiro atoms. The molecule has 1 amide bonds. The van der Waals surface area contributed by atoms with E-state index in [0.29, 0.717) is 32.0 Å².